The molecule has 0 saturated carbocycles. The zero-order chi connectivity index (χ0) is 17.8. The van der Waals surface area contributed by atoms with Crippen LogP contribution in [0.2, 0.25) is 0 Å². The maximum atomic E-state index is 11.8. The van der Waals surface area contributed by atoms with Crippen LogP contribution in [0.5, 0.6) is 0 Å². The number of nitrogens with one attached hydrogen (secondary N) is 1. The van der Waals surface area contributed by atoms with E-state index in [0.717, 1.165) is 36.2 Å². The van der Waals surface area contributed by atoms with E-state index in [1.54, 1.807) is 6.08 Å². The van der Waals surface area contributed by atoms with Crippen LogP contribution in [0.3, 0.4) is 0 Å². The Morgan fingerprint density at radius 2 is 1.83 bits per heavy atom. The largest absolute Gasteiger partial charge is 0.463 e. The molecule has 0 aliphatic rings. The topological polar surface area (TPSA) is 50.7 Å². The summed E-state index contributed by atoms with van der Waals surface area (Å²) in [5.74, 6) is -0.298. The van der Waals surface area contributed by atoms with Gasteiger partial charge in [-0.1, -0.05) is 12.5 Å². The number of aliphatic imine (C=N–C) groups is 1. The number of hydrogen-bond acceptors (Lipinski definition) is 4. The summed E-state index contributed by atoms with van der Waals surface area (Å²) in [6, 6.07) is 0. The number of ether oxygens (including phenoxy) is 1. The quantitative estimate of drug-likeness (QED) is 0.300. The zero-order valence-electron chi connectivity index (χ0n) is 15.7. The summed E-state index contributed by atoms with van der Waals surface area (Å²) in [4.78, 5) is 16.3. The minimum absolute atomic E-state index is 0.298. The Morgan fingerprint density at radius 3 is 2.35 bits per heavy atom. The van der Waals surface area contributed by atoms with Gasteiger partial charge in [-0.15, -0.1) is 0 Å². The molecule has 4 nitrogen and oxygen atoms in total. The van der Waals surface area contributed by atoms with Crippen LogP contribution < -0.4 is 5.32 Å². The minimum Gasteiger partial charge on any atom is -0.463 e. The second kappa shape index (κ2) is 11.8. The highest BCUT2D eigenvalue weighted by molar-refractivity contribution is 5.84. The molecule has 0 bridgehead atoms. The van der Waals surface area contributed by atoms with E-state index in [9.17, 15) is 4.79 Å². The highest BCUT2D eigenvalue weighted by Crippen LogP contribution is 2.19. The zero-order valence-corrected chi connectivity index (χ0v) is 15.7. The van der Waals surface area contributed by atoms with E-state index in [0.29, 0.717) is 6.61 Å². The minimum atomic E-state index is -0.298. The molecule has 0 aliphatic carbocycles. The summed E-state index contributed by atoms with van der Waals surface area (Å²) in [6.45, 7) is 13.3. The second-order valence-electron chi connectivity index (χ2n) is 5.56. The normalized spacial score (nSPS) is 14.7. The average molecular weight is 320 g/mol. The Balaban J connectivity index is 5.42. The van der Waals surface area contributed by atoms with Gasteiger partial charge in [-0.3, -0.25) is 4.99 Å². The van der Waals surface area contributed by atoms with E-state index in [1.807, 2.05) is 34.0 Å². The van der Waals surface area contributed by atoms with E-state index in [2.05, 4.69) is 31.1 Å². The van der Waals surface area contributed by atoms with Crippen LogP contribution in [-0.2, 0) is 9.53 Å². The maximum Gasteiger partial charge on any atom is 0.331 e. The predicted octanol–water partition coefficient (Wildman–Crippen LogP) is 4.20. The van der Waals surface area contributed by atoms with Crippen molar-refractivity contribution in [3.8, 4) is 0 Å². The molecule has 4 heteroatoms. The van der Waals surface area contributed by atoms with Gasteiger partial charge in [0.25, 0.3) is 0 Å². The van der Waals surface area contributed by atoms with E-state index in [-0.39, 0.29) is 5.97 Å². The molecular weight excluding hydrogens is 288 g/mol. The van der Waals surface area contributed by atoms with Crippen LogP contribution in [0.25, 0.3) is 0 Å². The van der Waals surface area contributed by atoms with Gasteiger partial charge in [0, 0.05) is 18.0 Å². The maximum absolute atomic E-state index is 11.8. The second-order valence-corrected chi connectivity index (χ2v) is 5.56. The highest BCUT2D eigenvalue weighted by Gasteiger charge is 2.07. The van der Waals surface area contributed by atoms with Crippen LogP contribution in [-0.4, -0.2) is 32.4 Å². The van der Waals surface area contributed by atoms with Crippen LogP contribution >= 0.6 is 0 Å². The molecule has 0 aromatic heterocycles. The van der Waals surface area contributed by atoms with E-state index >= 15 is 0 Å². The lowest BCUT2D eigenvalue weighted by Crippen LogP contribution is -2.10. The van der Waals surface area contributed by atoms with Gasteiger partial charge in [-0.25, -0.2) is 4.79 Å². The third-order valence-corrected chi connectivity index (χ3v) is 3.90. The van der Waals surface area contributed by atoms with Gasteiger partial charge in [0.1, 0.15) is 0 Å². The SMILES string of the molecule is CCOC(=O)\C=C(CCNC)/C(C)=C(C)/N=C/C(C)=C(\C)CC. The van der Waals surface area contributed by atoms with Gasteiger partial charge in [0.2, 0.25) is 0 Å². The first-order chi connectivity index (χ1) is 10.9. The Bertz CT molecular complexity index is 511. The Hall–Kier alpha value is -1.68. The molecule has 0 rings (SSSR count). The van der Waals surface area contributed by atoms with Crippen LogP contribution in [0.15, 0.2) is 39.1 Å². The fourth-order valence-corrected chi connectivity index (χ4v) is 1.87. The van der Waals surface area contributed by atoms with Crippen molar-refractivity contribution in [1.29, 1.82) is 0 Å². The van der Waals surface area contributed by atoms with Gasteiger partial charge in [-0.05, 0) is 77.8 Å². The first kappa shape index (κ1) is 21.3. The van der Waals surface area contributed by atoms with Gasteiger partial charge in [0.05, 0.1) is 6.61 Å². The Labute approximate surface area is 141 Å². The molecule has 130 valence electrons. The van der Waals surface area contributed by atoms with Crippen molar-refractivity contribution in [2.45, 2.75) is 54.4 Å². The monoisotopic (exact) mass is 320 g/mol. The van der Waals surface area contributed by atoms with Crippen LogP contribution in [0.4, 0.5) is 0 Å². The molecule has 0 aliphatic heterocycles. The summed E-state index contributed by atoms with van der Waals surface area (Å²) in [7, 11) is 1.90. The molecule has 0 radical (unpaired) electrons. The van der Waals surface area contributed by atoms with Crippen molar-refractivity contribution in [2.75, 3.05) is 20.2 Å². The summed E-state index contributed by atoms with van der Waals surface area (Å²) in [6.07, 6.45) is 5.26. The smallest absolute Gasteiger partial charge is 0.331 e. The van der Waals surface area contributed by atoms with Crippen molar-refractivity contribution in [3.63, 3.8) is 0 Å². The molecule has 0 spiro atoms. The molecule has 0 atom stereocenters. The average Bonchev–Trinajstić information content (AvgIpc) is 2.54. The number of nitrogens with zero attached hydrogens (tertiary/aromatic N) is 1. The molecular formula is C19H32N2O2. The molecule has 0 heterocycles. The Morgan fingerprint density at radius 1 is 1.17 bits per heavy atom. The third-order valence-electron chi connectivity index (χ3n) is 3.90. The Kier molecular flexibility index (Phi) is 11.0. The van der Waals surface area contributed by atoms with Crippen molar-refractivity contribution in [1.82, 2.24) is 5.32 Å². The third kappa shape index (κ3) is 8.50. The van der Waals surface area contributed by atoms with Gasteiger partial charge < -0.3 is 10.1 Å². The summed E-state index contributed by atoms with van der Waals surface area (Å²) < 4.78 is 5.02. The first-order valence-electron chi connectivity index (χ1n) is 8.27. The first-order valence-corrected chi connectivity index (χ1v) is 8.27. The number of hydrogen-bond donors (Lipinski definition) is 1. The van der Waals surface area contributed by atoms with Crippen LogP contribution in [0, 0.1) is 0 Å². The summed E-state index contributed by atoms with van der Waals surface area (Å²) in [5, 5.41) is 3.11. The molecule has 0 saturated heterocycles. The molecule has 23 heavy (non-hydrogen) atoms. The van der Waals surface area contributed by atoms with Crippen LogP contribution in [0.1, 0.15) is 54.4 Å². The summed E-state index contributed by atoms with van der Waals surface area (Å²) >= 11 is 0. The number of carbonyl (C=O) groups is 1. The van der Waals surface area contributed by atoms with E-state index in [1.165, 1.54) is 11.1 Å². The summed E-state index contributed by atoms with van der Waals surface area (Å²) in [5.41, 5.74) is 5.41. The molecule has 1 N–H and O–H groups in total. The fourth-order valence-electron chi connectivity index (χ4n) is 1.87. The molecule has 0 unspecified atom stereocenters. The molecule has 0 aromatic carbocycles. The lowest BCUT2D eigenvalue weighted by Gasteiger charge is -2.10. The lowest BCUT2D eigenvalue weighted by molar-refractivity contribution is -0.137. The van der Waals surface area contributed by atoms with E-state index in [4.69, 9.17) is 4.74 Å². The van der Waals surface area contributed by atoms with Gasteiger partial charge >= 0.3 is 5.97 Å². The fraction of sp³-hybridized carbons (Fsp3) is 0.579. The number of esters is 1. The van der Waals surface area contributed by atoms with Crippen molar-refractivity contribution >= 4 is 12.2 Å². The molecule has 0 amide bonds. The van der Waals surface area contributed by atoms with E-state index < -0.39 is 0 Å². The number of allylic oxidation sites excluding steroid dienone is 4. The van der Waals surface area contributed by atoms with Crippen molar-refractivity contribution in [3.05, 3.63) is 34.1 Å². The standard InChI is InChI=1S/C19H32N2O2/c1-8-14(3)15(4)13-21-17(6)16(5)18(10-11-20-7)12-19(22)23-9-2/h12-13,20H,8-11H2,1-7H3/b15-14+,17-16+,18-12-,21-13+. The number of rotatable bonds is 9. The van der Waals surface area contributed by atoms with Gasteiger partial charge in [-0.2, -0.15) is 0 Å². The molecule has 0 fully saturated rings. The number of carbonyl (C=O) groups excluding carboxylic acids is 1. The predicted molar refractivity (Wildman–Crippen MR) is 98.8 cm³/mol. The lowest BCUT2D eigenvalue weighted by atomic mass is 10.0. The van der Waals surface area contributed by atoms with Gasteiger partial charge in [0.15, 0.2) is 0 Å². The molecule has 0 aromatic rings. The van der Waals surface area contributed by atoms with Crippen molar-refractivity contribution in [2.24, 2.45) is 4.99 Å². The van der Waals surface area contributed by atoms with Crippen molar-refractivity contribution < 1.29 is 9.53 Å². The highest BCUT2D eigenvalue weighted by atomic mass is 16.5.